The highest BCUT2D eigenvalue weighted by molar-refractivity contribution is 6.06. The van der Waals surface area contributed by atoms with Gasteiger partial charge >= 0.3 is 0 Å². The van der Waals surface area contributed by atoms with Crippen LogP contribution in [-0.4, -0.2) is 38.8 Å². The van der Waals surface area contributed by atoms with Crippen LogP contribution in [0, 0.1) is 11.6 Å². The van der Waals surface area contributed by atoms with Crippen molar-refractivity contribution in [2.75, 3.05) is 19.0 Å². The molecule has 0 aliphatic rings. The first kappa shape index (κ1) is 29.1. The van der Waals surface area contributed by atoms with Crippen molar-refractivity contribution in [2.45, 2.75) is 6.92 Å². The van der Waals surface area contributed by atoms with Crippen molar-refractivity contribution in [3.8, 4) is 39.9 Å². The number of amides is 1. The summed E-state index contributed by atoms with van der Waals surface area (Å²) in [5, 5.41) is 6.88. The van der Waals surface area contributed by atoms with Crippen LogP contribution in [0.25, 0.3) is 22.3 Å². The normalized spacial score (nSPS) is 10.9. The van der Waals surface area contributed by atoms with Gasteiger partial charge in [0.15, 0.2) is 17.3 Å². The van der Waals surface area contributed by atoms with Crippen molar-refractivity contribution in [2.24, 2.45) is 0 Å². The van der Waals surface area contributed by atoms with Gasteiger partial charge in [-0.15, -0.1) is 0 Å². The molecule has 0 saturated carbocycles. The van der Waals surface area contributed by atoms with E-state index in [4.69, 9.17) is 14.2 Å². The highest BCUT2D eigenvalue weighted by atomic mass is 19.1. The molecule has 4 aromatic heterocycles. The second-order valence-corrected chi connectivity index (χ2v) is 9.65. The highest BCUT2D eigenvalue weighted by Gasteiger charge is 2.21. The summed E-state index contributed by atoms with van der Waals surface area (Å²) in [6, 6.07) is 17.6. The number of halogens is 2. The number of methoxy groups -OCH3 is 1. The predicted molar refractivity (Wildman–Crippen MR) is 163 cm³/mol. The van der Waals surface area contributed by atoms with Gasteiger partial charge in [0.1, 0.15) is 22.6 Å². The lowest BCUT2D eigenvalue weighted by atomic mass is 10.1. The van der Waals surface area contributed by atoms with Crippen molar-refractivity contribution in [1.82, 2.24) is 19.2 Å². The fraction of sp³-hybridized carbons (Fsp3) is 0.0909. The minimum absolute atomic E-state index is 0.0514. The van der Waals surface area contributed by atoms with Crippen LogP contribution in [0.5, 0.6) is 23.1 Å². The number of pyridine rings is 2. The SMILES string of the molecule is CCOc1ccn(-c2ccc(F)cc2)c(=O)c1C(=O)Nc1ccc(Oc2ccnn3ccc(-c4ccc(OC)nc4)c23)c(F)c1. The average Bonchev–Trinajstić information content (AvgIpc) is 3.48. The van der Waals surface area contributed by atoms with Crippen LogP contribution in [0.15, 0.2) is 102 Å². The number of ether oxygens (including phenoxy) is 3. The van der Waals surface area contributed by atoms with E-state index in [0.717, 1.165) is 17.2 Å². The van der Waals surface area contributed by atoms with Crippen molar-refractivity contribution >= 4 is 17.1 Å². The molecule has 0 radical (unpaired) electrons. The zero-order chi connectivity index (χ0) is 31.5. The lowest BCUT2D eigenvalue weighted by molar-refractivity contribution is 0.102. The molecule has 0 atom stereocenters. The molecular formula is C33H25F2N5O5. The fourth-order valence-electron chi connectivity index (χ4n) is 4.77. The van der Waals surface area contributed by atoms with E-state index < -0.39 is 23.1 Å². The Morgan fingerprint density at radius 2 is 1.76 bits per heavy atom. The second kappa shape index (κ2) is 12.3. The molecule has 45 heavy (non-hydrogen) atoms. The summed E-state index contributed by atoms with van der Waals surface area (Å²) in [5.74, 6) is -1.29. The maximum Gasteiger partial charge on any atom is 0.271 e. The number of benzene rings is 2. The van der Waals surface area contributed by atoms with Gasteiger partial charge in [0, 0.05) is 59.3 Å². The number of nitrogens with zero attached hydrogens (tertiary/aromatic N) is 4. The van der Waals surface area contributed by atoms with E-state index in [9.17, 15) is 14.0 Å². The quantitative estimate of drug-likeness (QED) is 0.206. The Bertz CT molecular complexity index is 2080. The number of hydrogen-bond donors (Lipinski definition) is 1. The monoisotopic (exact) mass is 609 g/mol. The van der Waals surface area contributed by atoms with E-state index in [1.54, 1.807) is 36.0 Å². The van der Waals surface area contributed by atoms with Gasteiger partial charge in [-0.1, -0.05) is 0 Å². The van der Waals surface area contributed by atoms with Crippen molar-refractivity contribution in [3.63, 3.8) is 0 Å². The molecule has 0 aliphatic carbocycles. The molecule has 6 aromatic rings. The Labute approximate surface area is 255 Å². The standard InChI is InChI=1S/C33H25F2N5O5/c1-3-44-27-14-16-39(23-8-5-21(34)6-9-23)33(42)30(27)32(41)38-22-7-10-26(25(35)18-22)45-28-12-15-37-40-17-13-24(31(28)40)20-4-11-29(43-2)36-19-20/h4-19H,3H2,1-2H3,(H,38,41). The molecule has 1 N–H and O–H groups in total. The minimum atomic E-state index is -0.810. The molecule has 0 unspecified atom stereocenters. The summed E-state index contributed by atoms with van der Waals surface area (Å²) in [6.45, 7) is 1.91. The third-order valence-corrected chi connectivity index (χ3v) is 6.87. The molecular weight excluding hydrogens is 584 g/mol. The lowest BCUT2D eigenvalue weighted by Gasteiger charge is -2.14. The lowest BCUT2D eigenvalue weighted by Crippen LogP contribution is -2.29. The molecule has 6 rings (SSSR count). The third-order valence-electron chi connectivity index (χ3n) is 6.87. The van der Waals surface area contributed by atoms with Crippen molar-refractivity contribution in [3.05, 3.63) is 125 Å². The molecule has 0 spiro atoms. The van der Waals surface area contributed by atoms with Crippen LogP contribution in [0.4, 0.5) is 14.5 Å². The van der Waals surface area contributed by atoms with E-state index in [1.807, 2.05) is 12.1 Å². The Morgan fingerprint density at radius 3 is 2.47 bits per heavy atom. The average molecular weight is 610 g/mol. The van der Waals surface area contributed by atoms with Gasteiger partial charge in [-0.2, -0.15) is 5.10 Å². The van der Waals surface area contributed by atoms with Gasteiger partial charge in [-0.3, -0.25) is 14.2 Å². The first-order valence-corrected chi connectivity index (χ1v) is 13.8. The molecule has 0 saturated heterocycles. The summed E-state index contributed by atoms with van der Waals surface area (Å²) in [4.78, 5) is 31.0. The third kappa shape index (κ3) is 5.80. The Hall–Kier alpha value is -6.04. The van der Waals surface area contributed by atoms with Crippen molar-refractivity contribution < 1.29 is 27.8 Å². The first-order chi connectivity index (χ1) is 21.9. The maximum atomic E-state index is 15.4. The van der Waals surface area contributed by atoms with E-state index in [1.165, 1.54) is 66.5 Å². The Morgan fingerprint density at radius 1 is 0.933 bits per heavy atom. The molecule has 2 aromatic carbocycles. The predicted octanol–water partition coefficient (Wildman–Crippen LogP) is 6.28. The summed E-state index contributed by atoms with van der Waals surface area (Å²) in [7, 11) is 1.53. The molecule has 0 bridgehead atoms. The van der Waals surface area contributed by atoms with Crippen LogP contribution >= 0.6 is 0 Å². The second-order valence-electron chi connectivity index (χ2n) is 9.65. The van der Waals surface area contributed by atoms with Gasteiger partial charge in [0.2, 0.25) is 5.88 Å². The number of hydrogen-bond acceptors (Lipinski definition) is 7. The van der Waals surface area contributed by atoms with Crippen LogP contribution < -0.4 is 25.1 Å². The largest absolute Gasteiger partial charge is 0.493 e. The maximum absolute atomic E-state index is 15.4. The number of fused-ring (bicyclic) bond motifs is 1. The van der Waals surface area contributed by atoms with Crippen LogP contribution in [0.2, 0.25) is 0 Å². The van der Waals surface area contributed by atoms with Gasteiger partial charge in [-0.05, 0) is 61.5 Å². The van der Waals surface area contributed by atoms with Gasteiger partial charge in [-0.25, -0.2) is 18.3 Å². The van der Waals surface area contributed by atoms with E-state index in [-0.39, 0.29) is 29.4 Å². The van der Waals surface area contributed by atoms with Gasteiger partial charge < -0.3 is 19.5 Å². The molecule has 4 heterocycles. The molecule has 226 valence electrons. The van der Waals surface area contributed by atoms with E-state index in [2.05, 4.69) is 15.4 Å². The van der Waals surface area contributed by atoms with E-state index >= 15 is 4.39 Å². The number of carbonyl (C=O) groups excluding carboxylic acids is 1. The summed E-state index contributed by atoms with van der Waals surface area (Å²) < 4.78 is 48.3. The van der Waals surface area contributed by atoms with Gasteiger partial charge in [0.25, 0.3) is 11.5 Å². The van der Waals surface area contributed by atoms with E-state index in [0.29, 0.717) is 22.8 Å². The minimum Gasteiger partial charge on any atom is -0.493 e. The number of carbonyl (C=O) groups is 1. The molecule has 0 fully saturated rings. The zero-order valence-corrected chi connectivity index (χ0v) is 24.0. The number of anilines is 1. The Balaban J connectivity index is 1.28. The summed E-state index contributed by atoms with van der Waals surface area (Å²) in [6.07, 6.45) is 6.36. The molecule has 0 aliphatic heterocycles. The fourth-order valence-corrected chi connectivity index (χ4v) is 4.77. The molecule has 10 nitrogen and oxygen atoms in total. The number of rotatable bonds is 9. The van der Waals surface area contributed by atoms with Crippen LogP contribution in [-0.2, 0) is 0 Å². The van der Waals surface area contributed by atoms with Gasteiger partial charge in [0.05, 0.1) is 19.9 Å². The van der Waals surface area contributed by atoms with Crippen molar-refractivity contribution in [1.29, 1.82) is 0 Å². The summed E-state index contributed by atoms with van der Waals surface area (Å²) in [5.41, 5.74) is 1.57. The topological polar surface area (TPSA) is 109 Å². The first-order valence-electron chi connectivity index (χ1n) is 13.8. The zero-order valence-electron chi connectivity index (χ0n) is 24.0. The smallest absolute Gasteiger partial charge is 0.271 e. The number of nitrogens with one attached hydrogen (secondary N) is 1. The number of aromatic nitrogens is 4. The van der Waals surface area contributed by atoms with Crippen LogP contribution in [0.3, 0.4) is 0 Å². The molecule has 12 heteroatoms. The Kier molecular flexibility index (Phi) is 7.93. The molecule has 1 amide bonds. The highest BCUT2D eigenvalue weighted by Crippen LogP contribution is 2.35. The summed E-state index contributed by atoms with van der Waals surface area (Å²) >= 11 is 0. The van der Waals surface area contributed by atoms with Crippen LogP contribution in [0.1, 0.15) is 17.3 Å².